The predicted octanol–water partition coefficient (Wildman–Crippen LogP) is 22.3. The van der Waals surface area contributed by atoms with Gasteiger partial charge < -0.3 is 18.6 Å². The van der Waals surface area contributed by atoms with E-state index in [0.717, 1.165) is 88.8 Å². The predicted molar refractivity (Wildman–Crippen MR) is 361 cm³/mol. The molecular formula is C84H52N2O2. The van der Waals surface area contributed by atoms with Crippen molar-refractivity contribution in [3.63, 3.8) is 0 Å². The van der Waals surface area contributed by atoms with Crippen molar-refractivity contribution in [2.45, 2.75) is 10.8 Å². The Hall–Kier alpha value is -11.5. The zero-order chi connectivity index (χ0) is 57.7. The van der Waals surface area contributed by atoms with Gasteiger partial charge >= 0.3 is 0 Å². The fraction of sp³-hybridized carbons (Fsp3) is 0.0238. The highest BCUT2D eigenvalue weighted by Crippen LogP contribution is 2.64. The lowest BCUT2D eigenvalue weighted by atomic mass is 9.67. The molecule has 16 aromatic rings. The Morgan fingerprint density at radius 1 is 0.239 bits per heavy atom. The van der Waals surface area contributed by atoms with Crippen LogP contribution in [0.4, 0.5) is 34.1 Å². The second-order valence-corrected chi connectivity index (χ2v) is 23.8. The minimum atomic E-state index is -0.609. The first-order valence-corrected chi connectivity index (χ1v) is 30.4. The summed E-state index contributed by atoms with van der Waals surface area (Å²) in [6, 6.07) is 116. The molecule has 2 heterocycles. The third kappa shape index (κ3) is 6.63. The lowest BCUT2D eigenvalue weighted by Crippen LogP contribution is -2.28. The topological polar surface area (TPSA) is 32.8 Å². The second kappa shape index (κ2) is 18.5. The van der Waals surface area contributed by atoms with Crippen molar-refractivity contribution in [2.24, 2.45) is 0 Å². The van der Waals surface area contributed by atoms with E-state index in [2.05, 4.69) is 319 Å². The first kappa shape index (κ1) is 48.9. The molecule has 1 spiro atoms. The Labute approximate surface area is 508 Å². The molecular weight excluding hydrogens is 1070 g/mol. The summed E-state index contributed by atoms with van der Waals surface area (Å²) in [5.41, 5.74) is 26.0. The van der Waals surface area contributed by atoms with Crippen molar-refractivity contribution < 1.29 is 8.83 Å². The van der Waals surface area contributed by atoms with Crippen molar-refractivity contribution in [1.29, 1.82) is 0 Å². The Morgan fingerprint density at radius 2 is 0.716 bits per heavy atom. The van der Waals surface area contributed by atoms with Gasteiger partial charge in [-0.05, 0) is 162 Å². The molecule has 0 unspecified atom stereocenters. The van der Waals surface area contributed by atoms with Gasteiger partial charge in [0.25, 0.3) is 0 Å². The maximum absolute atomic E-state index is 7.01. The molecule has 0 radical (unpaired) electrons. The van der Waals surface area contributed by atoms with Crippen LogP contribution in [0.25, 0.3) is 88.0 Å². The third-order valence-electron chi connectivity index (χ3n) is 19.5. The molecule has 88 heavy (non-hydrogen) atoms. The molecule has 3 aliphatic carbocycles. The minimum Gasteiger partial charge on any atom is -0.456 e. The van der Waals surface area contributed by atoms with Gasteiger partial charge in [-0.15, -0.1) is 0 Å². The molecule has 4 heteroatoms. The monoisotopic (exact) mass is 1120 g/mol. The van der Waals surface area contributed by atoms with Crippen LogP contribution in [0.5, 0.6) is 0 Å². The van der Waals surface area contributed by atoms with Crippen LogP contribution in [-0.2, 0) is 10.8 Å². The first-order valence-electron chi connectivity index (χ1n) is 30.4. The van der Waals surface area contributed by atoms with Crippen molar-refractivity contribution in [3.05, 3.63) is 360 Å². The zero-order valence-corrected chi connectivity index (χ0v) is 47.7. The van der Waals surface area contributed by atoms with Gasteiger partial charge in [-0.25, -0.2) is 0 Å². The van der Waals surface area contributed by atoms with E-state index in [1.807, 2.05) is 6.07 Å². The molecule has 0 amide bonds. The molecule has 0 saturated carbocycles. The van der Waals surface area contributed by atoms with Crippen molar-refractivity contribution >= 4 is 88.8 Å². The van der Waals surface area contributed by atoms with Crippen LogP contribution in [-0.4, -0.2) is 0 Å². The number of para-hydroxylation sites is 1. The normalized spacial score (nSPS) is 13.6. The van der Waals surface area contributed by atoms with Crippen LogP contribution < -0.4 is 9.80 Å². The van der Waals surface area contributed by atoms with E-state index in [4.69, 9.17) is 8.83 Å². The van der Waals surface area contributed by atoms with E-state index in [-0.39, 0.29) is 0 Å². The van der Waals surface area contributed by atoms with E-state index in [1.165, 1.54) is 77.9 Å². The smallest absolute Gasteiger partial charge is 0.143 e. The van der Waals surface area contributed by atoms with Gasteiger partial charge in [0.05, 0.1) is 21.9 Å². The van der Waals surface area contributed by atoms with E-state index in [0.29, 0.717) is 0 Å². The molecule has 0 bridgehead atoms. The van der Waals surface area contributed by atoms with Gasteiger partial charge in [0.1, 0.15) is 22.3 Å². The summed E-state index contributed by atoms with van der Waals surface area (Å²) < 4.78 is 13.8. The highest BCUT2D eigenvalue weighted by molar-refractivity contribution is 6.20. The summed E-state index contributed by atoms with van der Waals surface area (Å²) in [5.74, 6) is 0. The summed E-state index contributed by atoms with van der Waals surface area (Å²) in [4.78, 5) is 4.90. The zero-order valence-electron chi connectivity index (χ0n) is 47.7. The SMILES string of the molecule is c1ccc(C2(c3ccccc3)c3ccccc3-c3ccc(N(c4cccc(N(c5ccc6c(c5)-c5ccccc5C65c6ccccc6-c6ccccc65)c5cccc6oc7c8ccccc8ccc7c56)c4)c4ccc5c(c4)oc4ccccc45)cc32)cc1. The minimum absolute atomic E-state index is 0.485. The molecule has 0 aliphatic heterocycles. The molecule has 14 aromatic carbocycles. The first-order chi connectivity index (χ1) is 43.6. The Bertz CT molecular complexity index is 5470. The van der Waals surface area contributed by atoms with Crippen molar-refractivity contribution in [1.82, 2.24) is 0 Å². The largest absolute Gasteiger partial charge is 0.456 e. The number of hydrogen-bond acceptors (Lipinski definition) is 4. The molecule has 19 rings (SSSR count). The number of anilines is 6. The highest BCUT2D eigenvalue weighted by Gasteiger charge is 2.52. The second-order valence-electron chi connectivity index (χ2n) is 23.8. The fourth-order valence-corrected chi connectivity index (χ4v) is 16.0. The van der Waals surface area contributed by atoms with Crippen LogP contribution in [0, 0.1) is 0 Å². The number of hydrogen-bond donors (Lipinski definition) is 0. The fourth-order valence-electron chi connectivity index (χ4n) is 16.0. The Balaban J connectivity index is 0.865. The number of benzene rings is 14. The van der Waals surface area contributed by atoms with Crippen LogP contribution in [0.15, 0.2) is 324 Å². The average molecular weight is 1120 g/mol. The van der Waals surface area contributed by atoms with E-state index >= 15 is 0 Å². The van der Waals surface area contributed by atoms with Gasteiger partial charge in [-0.3, -0.25) is 0 Å². The molecule has 2 aromatic heterocycles. The maximum Gasteiger partial charge on any atom is 0.143 e. The summed E-state index contributed by atoms with van der Waals surface area (Å²) in [5, 5.41) is 6.52. The van der Waals surface area contributed by atoms with Gasteiger partial charge in [-0.2, -0.15) is 0 Å². The van der Waals surface area contributed by atoms with Gasteiger partial charge in [0, 0.05) is 56.0 Å². The Kier molecular flexibility index (Phi) is 10.3. The molecule has 410 valence electrons. The van der Waals surface area contributed by atoms with Gasteiger partial charge in [0.15, 0.2) is 0 Å². The average Bonchev–Trinajstić information content (AvgIpc) is 1.81. The standard InChI is InChI=1S/C84H52N2O2/c1-3-22-54(23-4-1)83(55-24-5-2-6-25-55)71-34-14-9-31-64(71)66-46-42-59(51-76(66)83)85(60-43-47-68-67-33-13-18-39-78(67)87-80(68)52-60)56-26-19-27-57(49-56)86(77-38-20-40-79-81(77)69-45-41-53-21-7-8-28-61(53)82(69)88-79)58-44-48-75-70(50-58)65-32-12-17-37-74(65)84(75)72-35-15-10-29-62(72)63-30-11-16-36-73(63)84/h1-52H. The molecule has 0 atom stereocenters. The number of fused-ring (bicyclic) bond motifs is 21. The molecule has 0 fully saturated rings. The summed E-state index contributed by atoms with van der Waals surface area (Å²) in [6.45, 7) is 0. The number of nitrogens with zero attached hydrogens (tertiary/aromatic N) is 2. The van der Waals surface area contributed by atoms with Crippen LogP contribution in [0.3, 0.4) is 0 Å². The molecule has 4 nitrogen and oxygen atoms in total. The van der Waals surface area contributed by atoms with Gasteiger partial charge in [0.2, 0.25) is 0 Å². The summed E-state index contributed by atoms with van der Waals surface area (Å²) in [7, 11) is 0. The lowest BCUT2D eigenvalue weighted by molar-refractivity contribution is 0.669. The van der Waals surface area contributed by atoms with E-state index < -0.39 is 10.8 Å². The summed E-state index contributed by atoms with van der Waals surface area (Å²) >= 11 is 0. The Morgan fingerprint density at radius 3 is 1.42 bits per heavy atom. The van der Waals surface area contributed by atoms with Crippen molar-refractivity contribution in [3.8, 4) is 33.4 Å². The van der Waals surface area contributed by atoms with Crippen LogP contribution >= 0.6 is 0 Å². The lowest BCUT2D eigenvalue weighted by Gasteiger charge is -2.35. The maximum atomic E-state index is 7.01. The molecule has 3 aliphatic rings. The van der Waals surface area contributed by atoms with Crippen LogP contribution in [0.2, 0.25) is 0 Å². The third-order valence-corrected chi connectivity index (χ3v) is 19.5. The van der Waals surface area contributed by atoms with E-state index in [9.17, 15) is 0 Å². The number of furan rings is 2. The van der Waals surface area contributed by atoms with Crippen molar-refractivity contribution in [2.75, 3.05) is 9.80 Å². The van der Waals surface area contributed by atoms with E-state index in [1.54, 1.807) is 0 Å². The quantitative estimate of drug-likeness (QED) is 0.152. The van der Waals surface area contributed by atoms with Crippen LogP contribution in [0.1, 0.15) is 44.5 Å². The van der Waals surface area contributed by atoms with Gasteiger partial charge in [-0.1, -0.05) is 231 Å². The summed E-state index contributed by atoms with van der Waals surface area (Å²) in [6.07, 6.45) is 0. The number of rotatable bonds is 8. The molecule has 0 saturated heterocycles. The molecule has 0 N–H and O–H groups in total. The highest BCUT2D eigenvalue weighted by atomic mass is 16.3.